The van der Waals surface area contributed by atoms with E-state index in [1.54, 1.807) is 18.4 Å². The summed E-state index contributed by atoms with van der Waals surface area (Å²) < 4.78 is 10.4. The number of carboxylic acid groups (broad SMARTS) is 1. The maximum atomic E-state index is 11.3. The fourth-order valence-corrected chi connectivity index (χ4v) is 3.59. The molecule has 0 aliphatic carbocycles. The SMILES string of the molecule is O=C(O)C1CC2CCC1N2Cc1noc(-c2ccco2)n1. The molecule has 3 atom stereocenters. The molecular weight excluding hydrogens is 274 g/mol. The largest absolute Gasteiger partial charge is 0.481 e. The van der Waals surface area contributed by atoms with Crippen molar-refractivity contribution in [2.24, 2.45) is 5.92 Å². The van der Waals surface area contributed by atoms with Gasteiger partial charge in [-0.05, 0) is 31.4 Å². The molecule has 0 amide bonds. The van der Waals surface area contributed by atoms with Crippen molar-refractivity contribution in [2.75, 3.05) is 0 Å². The Hall–Kier alpha value is -2.15. The van der Waals surface area contributed by atoms with Crippen molar-refractivity contribution < 1.29 is 18.8 Å². The number of carbonyl (C=O) groups is 1. The molecule has 0 radical (unpaired) electrons. The van der Waals surface area contributed by atoms with Gasteiger partial charge in [-0.1, -0.05) is 5.16 Å². The Morgan fingerprint density at radius 1 is 1.48 bits per heavy atom. The first-order chi connectivity index (χ1) is 10.2. The van der Waals surface area contributed by atoms with E-state index in [1.807, 2.05) is 0 Å². The molecule has 2 saturated heterocycles. The molecule has 2 aromatic heterocycles. The first kappa shape index (κ1) is 12.6. The second kappa shape index (κ2) is 4.70. The Kier molecular flexibility index (Phi) is 2.81. The van der Waals surface area contributed by atoms with E-state index in [2.05, 4.69) is 15.0 Å². The van der Waals surface area contributed by atoms with Crippen molar-refractivity contribution >= 4 is 5.97 Å². The van der Waals surface area contributed by atoms with Crippen molar-refractivity contribution in [3.63, 3.8) is 0 Å². The lowest BCUT2D eigenvalue weighted by molar-refractivity contribution is -0.142. The summed E-state index contributed by atoms with van der Waals surface area (Å²) in [5.74, 6) is 0.513. The van der Waals surface area contributed by atoms with E-state index in [0.717, 1.165) is 19.3 Å². The summed E-state index contributed by atoms with van der Waals surface area (Å²) in [5.41, 5.74) is 0. The molecule has 0 saturated carbocycles. The number of hydrogen-bond donors (Lipinski definition) is 1. The Balaban J connectivity index is 1.51. The first-order valence-corrected chi connectivity index (χ1v) is 7.07. The third-order valence-electron chi connectivity index (χ3n) is 4.52. The number of nitrogens with zero attached hydrogens (tertiary/aromatic N) is 3. The van der Waals surface area contributed by atoms with E-state index in [4.69, 9.17) is 8.94 Å². The van der Waals surface area contributed by atoms with E-state index < -0.39 is 5.97 Å². The molecule has 1 N–H and O–H groups in total. The minimum atomic E-state index is -0.698. The highest BCUT2D eigenvalue weighted by atomic mass is 16.5. The molecule has 2 aromatic rings. The molecule has 2 bridgehead atoms. The third kappa shape index (κ3) is 2.04. The van der Waals surface area contributed by atoms with Gasteiger partial charge < -0.3 is 14.0 Å². The summed E-state index contributed by atoms with van der Waals surface area (Å²) in [6, 6.07) is 3.94. The summed E-state index contributed by atoms with van der Waals surface area (Å²) in [4.78, 5) is 17.8. The number of aromatic nitrogens is 2. The van der Waals surface area contributed by atoms with Crippen molar-refractivity contribution in [3.8, 4) is 11.7 Å². The van der Waals surface area contributed by atoms with Crippen molar-refractivity contribution in [1.29, 1.82) is 0 Å². The molecule has 21 heavy (non-hydrogen) atoms. The standard InChI is InChI=1S/C14H15N3O4/c18-14(19)9-6-8-3-4-10(9)17(8)7-12-15-13(21-16-12)11-2-1-5-20-11/h1-2,5,8-10H,3-4,6-7H2,(H,18,19). The van der Waals surface area contributed by atoms with Gasteiger partial charge in [-0.2, -0.15) is 4.98 Å². The zero-order chi connectivity index (χ0) is 14.4. The van der Waals surface area contributed by atoms with Crippen LogP contribution in [0.5, 0.6) is 0 Å². The summed E-state index contributed by atoms with van der Waals surface area (Å²) in [5, 5.41) is 13.2. The lowest BCUT2D eigenvalue weighted by Gasteiger charge is -2.20. The predicted octanol–water partition coefficient (Wildman–Crippen LogP) is 1.77. The smallest absolute Gasteiger partial charge is 0.308 e. The normalized spacial score (nSPS) is 28.3. The third-order valence-corrected chi connectivity index (χ3v) is 4.52. The quantitative estimate of drug-likeness (QED) is 0.916. The number of carboxylic acids is 1. The number of furan rings is 1. The molecule has 7 nitrogen and oxygen atoms in total. The van der Waals surface area contributed by atoms with Gasteiger partial charge in [0.25, 0.3) is 5.89 Å². The van der Waals surface area contributed by atoms with Crippen LogP contribution in [-0.4, -0.2) is 38.2 Å². The van der Waals surface area contributed by atoms with Gasteiger partial charge in [-0.15, -0.1) is 0 Å². The Morgan fingerprint density at radius 3 is 3.10 bits per heavy atom. The molecule has 2 fully saturated rings. The van der Waals surface area contributed by atoms with E-state index in [-0.39, 0.29) is 12.0 Å². The number of rotatable bonds is 4. The van der Waals surface area contributed by atoms with Crippen molar-refractivity contribution in [3.05, 3.63) is 24.2 Å². The second-order valence-electron chi connectivity index (χ2n) is 5.64. The van der Waals surface area contributed by atoms with Crippen LogP contribution in [0, 0.1) is 5.92 Å². The maximum absolute atomic E-state index is 11.3. The van der Waals surface area contributed by atoms with Crippen molar-refractivity contribution in [2.45, 2.75) is 37.9 Å². The van der Waals surface area contributed by atoms with Crippen LogP contribution in [0.4, 0.5) is 0 Å². The number of hydrogen-bond acceptors (Lipinski definition) is 6. The second-order valence-corrected chi connectivity index (χ2v) is 5.64. The van der Waals surface area contributed by atoms with Crippen LogP contribution >= 0.6 is 0 Å². The van der Waals surface area contributed by atoms with Crippen LogP contribution < -0.4 is 0 Å². The fraction of sp³-hybridized carbons (Fsp3) is 0.500. The number of aliphatic carboxylic acids is 1. The highest BCUT2D eigenvalue weighted by Gasteiger charge is 2.49. The fourth-order valence-electron chi connectivity index (χ4n) is 3.59. The zero-order valence-electron chi connectivity index (χ0n) is 11.3. The molecule has 3 unspecified atom stereocenters. The summed E-state index contributed by atoms with van der Waals surface area (Å²) >= 11 is 0. The zero-order valence-corrected chi connectivity index (χ0v) is 11.3. The molecule has 2 aliphatic rings. The first-order valence-electron chi connectivity index (χ1n) is 7.07. The van der Waals surface area contributed by atoms with Gasteiger partial charge in [0.05, 0.1) is 18.7 Å². The highest BCUT2D eigenvalue weighted by Crippen LogP contribution is 2.42. The maximum Gasteiger partial charge on any atom is 0.308 e. The van der Waals surface area contributed by atoms with Crippen molar-refractivity contribution in [1.82, 2.24) is 15.0 Å². The lowest BCUT2D eigenvalue weighted by atomic mass is 9.89. The molecule has 0 aromatic carbocycles. The van der Waals surface area contributed by atoms with Gasteiger partial charge in [0.1, 0.15) is 0 Å². The Bertz CT molecular complexity index is 651. The molecule has 110 valence electrons. The predicted molar refractivity (Wildman–Crippen MR) is 70.1 cm³/mol. The van der Waals surface area contributed by atoms with E-state index >= 15 is 0 Å². The molecule has 7 heteroatoms. The molecule has 4 heterocycles. The number of fused-ring (bicyclic) bond motifs is 2. The molecule has 4 rings (SSSR count). The van der Waals surface area contributed by atoms with Crippen LogP contribution in [0.15, 0.2) is 27.3 Å². The van der Waals surface area contributed by atoms with Crippen LogP contribution in [-0.2, 0) is 11.3 Å². The van der Waals surface area contributed by atoms with E-state index in [0.29, 0.717) is 30.1 Å². The van der Waals surface area contributed by atoms with Crippen LogP contribution in [0.25, 0.3) is 11.7 Å². The van der Waals surface area contributed by atoms with Gasteiger partial charge in [0, 0.05) is 12.1 Å². The van der Waals surface area contributed by atoms with Crippen LogP contribution in [0.3, 0.4) is 0 Å². The van der Waals surface area contributed by atoms with Crippen LogP contribution in [0.1, 0.15) is 25.1 Å². The lowest BCUT2D eigenvalue weighted by Crippen LogP contribution is -2.32. The minimum absolute atomic E-state index is 0.0954. The van der Waals surface area contributed by atoms with Gasteiger partial charge >= 0.3 is 5.97 Å². The average molecular weight is 289 g/mol. The Morgan fingerprint density at radius 2 is 2.38 bits per heavy atom. The van der Waals surface area contributed by atoms with Crippen LogP contribution in [0.2, 0.25) is 0 Å². The summed E-state index contributed by atoms with van der Waals surface area (Å²) in [7, 11) is 0. The van der Waals surface area contributed by atoms with E-state index in [1.165, 1.54) is 0 Å². The van der Waals surface area contributed by atoms with Gasteiger partial charge in [-0.25, -0.2) is 0 Å². The van der Waals surface area contributed by atoms with Gasteiger partial charge in [0.2, 0.25) is 0 Å². The van der Waals surface area contributed by atoms with Gasteiger partial charge in [0.15, 0.2) is 11.6 Å². The Labute approximate surface area is 120 Å². The topological polar surface area (TPSA) is 92.6 Å². The molecular formula is C14H15N3O4. The molecule has 0 spiro atoms. The van der Waals surface area contributed by atoms with Gasteiger partial charge in [-0.3, -0.25) is 9.69 Å². The summed E-state index contributed by atoms with van der Waals surface area (Å²) in [6.07, 6.45) is 4.27. The van der Waals surface area contributed by atoms with E-state index in [9.17, 15) is 9.90 Å². The monoisotopic (exact) mass is 289 g/mol. The average Bonchev–Trinajstić information content (AvgIpc) is 3.22. The minimum Gasteiger partial charge on any atom is -0.481 e. The highest BCUT2D eigenvalue weighted by molar-refractivity contribution is 5.71. The summed E-state index contributed by atoms with van der Waals surface area (Å²) in [6.45, 7) is 0.531. The molecule has 2 aliphatic heterocycles.